The highest BCUT2D eigenvalue weighted by Crippen LogP contribution is 2.35. The molecule has 2 aliphatic heterocycles. The van der Waals surface area contributed by atoms with E-state index in [0.717, 1.165) is 51.4 Å². The van der Waals surface area contributed by atoms with Crippen molar-refractivity contribution in [3.63, 3.8) is 0 Å². The van der Waals surface area contributed by atoms with Crippen LogP contribution in [0, 0.1) is 39.3 Å². The zero-order valence-corrected chi connectivity index (χ0v) is 51.9. The summed E-state index contributed by atoms with van der Waals surface area (Å²) in [4.78, 5) is 105. The molecule has 468 valence electrons. The van der Waals surface area contributed by atoms with Crippen LogP contribution in [0.15, 0.2) is 41.2 Å². The maximum Gasteiger partial charge on any atom is 0.303 e. The molecule has 2 aromatic carbocycles. The third-order valence-corrected chi connectivity index (χ3v) is 13.5. The summed E-state index contributed by atoms with van der Waals surface area (Å²) in [7, 11) is 0. The van der Waals surface area contributed by atoms with E-state index < -0.39 is 120 Å². The molecule has 4 heterocycles. The van der Waals surface area contributed by atoms with Gasteiger partial charge in [-0.25, -0.2) is 8.78 Å². The van der Waals surface area contributed by atoms with Gasteiger partial charge in [0.25, 0.3) is 5.56 Å². The lowest BCUT2D eigenvalue weighted by molar-refractivity contribution is -0.289. The molecule has 0 aliphatic carbocycles. The van der Waals surface area contributed by atoms with Crippen LogP contribution in [-0.2, 0) is 98.6 Å². The Morgan fingerprint density at radius 1 is 0.553 bits per heavy atom. The van der Waals surface area contributed by atoms with Crippen LogP contribution < -0.4 is 10.3 Å². The lowest BCUT2D eigenvalue weighted by Gasteiger charge is -2.43. The van der Waals surface area contributed by atoms with Crippen LogP contribution in [0.1, 0.15) is 140 Å². The van der Waals surface area contributed by atoms with Gasteiger partial charge in [-0.05, 0) is 89.8 Å². The summed E-state index contributed by atoms with van der Waals surface area (Å²) in [5, 5.41) is 6.53. The number of nitrogens with zero attached hydrogens (tertiary/aromatic N) is 3. The summed E-state index contributed by atoms with van der Waals surface area (Å²) in [6.07, 6.45) is -10.6. The Labute approximate surface area is 498 Å². The minimum Gasteiger partial charge on any atom is -0.463 e. The molecule has 1 N–H and O–H groups in total. The predicted octanol–water partition coefficient (Wildman–Crippen LogP) is 6.84. The summed E-state index contributed by atoms with van der Waals surface area (Å²) < 4.78 is 91.9. The predicted molar refractivity (Wildman–Crippen MR) is 299 cm³/mol. The van der Waals surface area contributed by atoms with E-state index in [9.17, 15) is 51.9 Å². The molecule has 4 aromatic rings. The van der Waals surface area contributed by atoms with Crippen molar-refractivity contribution in [1.82, 2.24) is 19.6 Å². The van der Waals surface area contributed by atoms with Gasteiger partial charge in [0, 0.05) is 103 Å². The lowest BCUT2D eigenvalue weighted by atomic mass is 9.98. The van der Waals surface area contributed by atoms with E-state index in [-0.39, 0.29) is 42.4 Å². The molecule has 2 aromatic heterocycles. The van der Waals surface area contributed by atoms with Crippen LogP contribution in [0.5, 0.6) is 5.88 Å². The fourth-order valence-corrected chi connectivity index (χ4v) is 9.85. The zero-order chi connectivity index (χ0) is 63.9. The third kappa shape index (κ3) is 20.3. The quantitative estimate of drug-likeness (QED) is 0.0605. The van der Waals surface area contributed by atoms with Crippen molar-refractivity contribution in [3.05, 3.63) is 103 Å². The third-order valence-electron chi connectivity index (χ3n) is 12.8. The molecular formula is C58H75BrF2N4O20. The van der Waals surface area contributed by atoms with Crippen LogP contribution >= 0.6 is 15.9 Å². The first-order valence-corrected chi connectivity index (χ1v) is 27.9. The van der Waals surface area contributed by atoms with Gasteiger partial charge < -0.3 is 52.1 Å². The molecule has 24 nitrogen and oxygen atoms in total. The number of ether oxygens (including phenoxy) is 11. The van der Waals surface area contributed by atoms with E-state index in [0.29, 0.717) is 34.4 Å². The monoisotopic (exact) mass is 1260 g/mol. The van der Waals surface area contributed by atoms with Crippen LogP contribution in [-0.4, -0.2) is 141 Å². The second-order valence-corrected chi connectivity index (χ2v) is 21.6. The fraction of sp³-hybridized carbons (Fsp3) is 0.552. The average molecular weight is 1270 g/mol. The van der Waals surface area contributed by atoms with Crippen LogP contribution in [0.4, 0.5) is 8.78 Å². The van der Waals surface area contributed by atoms with E-state index in [1.165, 1.54) is 32.9 Å². The SMILES string of the molecule is CC(=O)OC[C@H]1O[C@@H](Oc2nn(C(C)C)c(C)c2Cc2ccc(C)cc2F)[C@H](OC(C)=O)[C@@H](OC(C)=O)[C@@H]1OC(C)=O.CC(=O)OC[C@H]1O[C@H](Br)[C@H](OC(C)=O)[C@@H](OC(C)=O)[C@@H]1OC(C)=O.Cc1ccc(Cc2c(C)n(C(C)C)[nH]c2=O)c(F)c1. The van der Waals surface area contributed by atoms with Crippen LogP contribution in [0.3, 0.4) is 0 Å². The van der Waals surface area contributed by atoms with Crippen LogP contribution in [0.25, 0.3) is 0 Å². The van der Waals surface area contributed by atoms with Gasteiger partial charge in [0.05, 0.1) is 0 Å². The number of carbonyl (C=O) groups is 8. The molecule has 0 unspecified atom stereocenters. The van der Waals surface area contributed by atoms with Crippen LogP contribution in [0.2, 0.25) is 0 Å². The standard InChI is InChI=1S/C29H37FN2O10.C15H19FN2O.C14H19BrO9/c1-14(2)32-16(4)22(12-21-10-9-15(3)11-23(21)30)28(31-32)42-29-27(40-20(8)36)26(39-19(7)35)25(38-18(6)34)24(41-29)13-37-17(5)33;1-9(2)18-11(4)13(15(19)17-18)8-12-6-5-10(3)7-14(12)16;1-6(16)20-5-10-11(21-7(2)17)12(22-8(3)18)13(14(15)24-10)23-9(4)19/h9-11,14,24-27,29H,12-13H2,1-8H3;5-7,9H,8H2,1-4H3,(H,17,19);10-14H,5H2,1-4H3/t24-,25-,26+,27-,29+;;10-,11-,12+,13-,14+/m1.1/s1. The maximum absolute atomic E-state index is 14.9. The number of nitrogens with one attached hydrogen (secondary N) is 1. The van der Waals surface area contributed by atoms with Gasteiger partial charge in [0.2, 0.25) is 18.3 Å². The number of H-pyrrole nitrogens is 1. The van der Waals surface area contributed by atoms with Gasteiger partial charge in [-0.3, -0.25) is 57.6 Å². The van der Waals surface area contributed by atoms with Gasteiger partial charge >= 0.3 is 47.8 Å². The maximum atomic E-state index is 14.9. The topological polar surface area (TPSA) is 294 Å². The molecule has 2 aliphatic rings. The number of hydrogen-bond acceptors (Lipinski definition) is 21. The highest BCUT2D eigenvalue weighted by atomic mass is 79.9. The second kappa shape index (κ2) is 31.6. The number of aromatic amines is 1. The van der Waals surface area contributed by atoms with Gasteiger partial charge in [0.1, 0.15) is 37.1 Å². The van der Waals surface area contributed by atoms with E-state index >= 15 is 0 Å². The molecule has 0 spiro atoms. The lowest BCUT2D eigenvalue weighted by Crippen LogP contribution is -2.63. The molecule has 0 bridgehead atoms. The summed E-state index contributed by atoms with van der Waals surface area (Å²) in [6, 6.07) is 10.1. The number of alkyl halides is 1. The Bertz CT molecular complexity index is 3100. The molecular weight excluding hydrogens is 1190 g/mol. The number of aryl methyl sites for hydroxylation is 2. The van der Waals surface area contributed by atoms with Crippen molar-refractivity contribution in [2.45, 2.75) is 196 Å². The summed E-state index contributed by atoms with van der Waals surface area (Å²) in [5.74, 6) is -6.03. The number of benzene rings is 2. The first-order chi connectivity index (χ1) is 39.7. The van der Waals surface area contributed by atoms with Crippen molar-refractivity contribution in [3.8, 4) is 5.88 Å². The number of rotatable bonds is 18. The second-order valence-electron chi connectivity index (χ2n) is 20.7. The van der Waals surface area contributed by atoms with E-state index in [1.54, 1.807) is 29.8 Å². The summed E-state index contributed by atoms with van der Waals surface area (Å²) >= 11 is 3.18. The van der Waals surface area contributed by atoms with Gasteiger partial charge in [0.15, 0.2) is 35.5 Å². The van der Waals surface area contributed by atoms with Gasteiger partial charge in [-0.1, -0.05) is 40.2 Å². The Hall–Kier alpha value is -7.52. The Morgan fingerprint density at radius 2 is 0.953 bits per heavy atom. The molecule has 0 radical (unpaired) electrons. The molecule has 10 atom stereocenters. The molecule has 0 saturated carbocycles. The summed E-state index contributed by atoms with van der Waals surface area (Å²) in [5.41, 5.74) is 5.22. The molecule has 2 fully saturated rings. The first-order valence-electron chi connectivity index (χ1n) is 27.0. The number of carbonyl (C=O) groups excluding carboxylic acids is 8. The normalized spacial score (nSPS) is 21.6. The van der Waals surface area contributed by atoms with E-state index in [1.807, 2.05) is 59.2 Å². The van der Waals surface area contributed by atoms with Gasteiger partial charge in [-0.2, -0.15) is 0 Å². The molecule has 0 amide bonds. The van der Waals surface area contributed by atoms with Crippen molar-refractivity contribution < 1.29 is 99.2 Å². The number of halogens is 3. The van der Waals surface area contributed by atoms with E-state index in [2.05, 4.69) is 26.1 Å². The number of esters is 8. The van der Waals surface area contributed by atoms with Crippen molar-refractivity contribution >= 4 is 63.7 Å². The average Bonchev–Trinajstić information content (AvgIpc) is 2.21. The zero-order valence-electron chi connectivity index (χ0n) is 50.4. The Morgan fingerprint density at radius 3 is 1.35 bits per heavy atom. The molecule has 2 saturated heterocycles. The van der Waals surface area contributed by atoms with Gasteiger partial charge in [-0.15, -0.1) is 5.10 Å². The highest BCUT2D eigenvalue weighted by Gasteiger charge is 2.54. The summed E-state index contributed by atoms with van der Waals surface area (Å²) in [6.45, 7) is 23.8. The Kier molecular flexibility index (Phi) is 26.0. The highest BCUT2D eigenvalue weighted by molar-refractivity contribution is 9.09. The Balaban J connectivity index is 0.000000303. The molecule has 6 rings (SSSR count). The van der Waals surface area contributed by atoms with Crippen molar-refractivity contribution in [2.75, 3.05) is 13.2 Å². The number of hydrogen-bond donors (Lipinski definition) is 1. The molecule has 27 heteroatoms. The molecule has 85 heavy (non-hydrogen) atoms. The largest absolute Gasteiger partial charge is 0.463 e. The fourth-order valence-electron chi connectivity index (χ4n) is 9.16. The van der Waals surface area contributed by atoms with Crippen molar-refractivity contribution in [1.29, 1.82) is 0 Å². The minimum absolute atomic E-state index is 0.0575. The van der Waals surface area contributed by atoms with E-state index in [4.69, 9.17) is 52.1 Å². The van der Waals surface area contributed by atoms with Crippen molar-refractivity contribution in [2.24, 2.45) is 0 Å². The number of aromatic nitrogens is 4. The minimum atomic E-state index is -1.47. The smallest absolute Gasteiger partial charge is 0.303 e. The first kappa shape index (κ1) is 70.0.